The molecule has 7 heteroatoms. The Morgan fingerprint density at radius 2 is 1.83 bits per heavy atom. The van der Waals surface area contributed by atoms with Crippen molar-refractivity contribution in [2.75, 3.05) is 7.11 Å². The van der Waals surface area contributed by atoms with Crippen LogP contribution in [-0.2, 0) is 4.74 Å². The minimum atomic E-state index is -0.461. The quantitative estimate of drug-likeness (QED) is 0.516. The van der Waals surface area contributed by atoms with Gasteiger partial charge in [0.1, 0.15) is 15.6 Å². The molecule has 0 saturated carbocycles. The Labute approximate surface area is 146 Å². The second kappa shape index (κ2) is 6.94. The SMILES string of the molecule is COC(=O)c1ccc(OC(=O)c2sc(-c3ccsc3)nc2C)cc1. The lowest BCUT2D eigenvalue weighted by atomic mass is 10.2. The highest BCUT2D eigenvalue weighted by atomic mass is 32.1. The van der Waals surface area contributed by atoms with Gasteiger partial charge >= 0.3 is 11.9 Å². The first-order chi connectivity index (χ1) is 11.6. The predicted molar refractivity (Wildman–Crippen MR) is 92.9 cm³/mol. The van der Waals surface area contributed by atoms with Crippen LogP contribution in [0.5, 0.6) is 5.75 Å². The number of rotatable bonds is 4. The third-order valence-electron chi connectivity index (χ3n) is 3.24. The first-order valence-corrected chi connectivity index (χ1v) is 8.75. The van der Waals surface area contributed by atoms with E-state index in [9.17, 15) is 9.59 Å². The summed E-state index contributed by atoms with van der Waals surface area (Å²) in [5, 5.41) is 4.74. The molecule has 0 bridgehead atoms. The van der Waals surface area contributed by atoms with Gasteiger partial charge in [-0.25, -0.2) is 14.6 Å². The van der Waals surface area contributed by atoms with Crippen LogP contribution in [0.1, 0.15) is 25.7 Å². The van der Waals surface area contributed by atoms with Crippen LogP contribution in [0.3, 0.4) is 0 Å². The van der Waals surface area contributed by atoms with Crippen molar-refractivity contribution in [1.82, 2.24) is 4.98 Å². The number of ether oxygens (including phenoxy) is 2. The number of thiophene rings is 1. The normalized spacial score (nSPS) is 10.4. The molecule has 0 radical (unpaired) electrons. The molecule has 0 amide bonds. The summed E-state index contributed by atoms with van der Waals surface area (Å²) in [6.07, 6.45) is 0. The van der Waals surface area contributed by atoms with Gasteiger partial charge in [-0.05, 0) is 42.6 Å². The van der Waals surface area contributed by atoms with E-state index in [2.05, 4.69) is 9.72 Å². The molecule has 0 unspecified atom stereocenters. The van der Waals surface area contributed by atoms with Crippen LogP contribution in [0.15, 0.2) is 41.1 Å². The van der Waals surface area contributed by atoms with Crippen molar-refractivity contribution in [1.29, 1.82) is 0 Å². The van der Waals surface area contributed by atoms with Gasteiger partial charge in [-0.15, -0.1) is 11.3 Å². The fraction of sp³-hybridized carbons (Fsp3) is 0.118. The molecule has 0 saturated heterocycles. The van der Waals surface area contributed by atoms with Gasteiger partial charge in [0.05, 0.1) is 18.4 Å². The molecule has 0 spiro atoms. The largest absolute Gasteiger partial charge is 0.465 e. The van der Waals surface area contributed by atoms with Gasteiger partial charge in [0.2, 0.25) is 0 Å². The maximum absolute atomic E-state index is 12.4. The first kappa shape index (κ1) is 16.4. The summed E-state index contributed by atoms with van der Waals surface area (Å²) in [5.74, 6) is -0.540. The van der Waals surface area contributed by atoms with E-state index in [-0.39, 0.29) is 0 Å². The summed E-state index contributed by atoms with van der Waals surface area (Å²) in [6, 6.07) is 8.17. The number of thiazole rings is 1. The molecule has 1 aromatic carbocycles. The lowest BCUT2D eigenvalue weighted by Crippen LogP contribution is -2.08. The zero-order chi connectivity index (χ0) is 17.1. The van der Waals surface area contributed by atoms with Gasteiger partial charge in [-0.2, -0.15) is 11.3 Å². The maximum Gasteiger partial charge on any atom is 0.355 e. The fourth-order valence-corrected chi connectivity index (χ4v) is 3.68. The van der Waals surface area contributed by atoms with Crippen molar-refractivity contribution < 1.29 is 19.1 Å². The Hall–Kier alpha value is -2.51. The highest BCUT2D eigenvalue weighted by Gasteiger charge is 2.18. The van der Waals surface area contributed by atoms with E-state index in [1.54, 1.807) is 42.5 Å². The van der Waals surface area contributed by atoms with Crippen molar-refractivity contribution >= 4 is 34.6 Å². The molecule has 3 rings (SSSR count). The second-order valence-electron chi connectivity index (χ2n) is 4.85. The fourth-order valence-electron chi connectivity index (χ4n) is 2.03. The van der Waals surface area contributed by atoms with E-state index >= 15 is 0 Å². The topological polar surface area (TPSA) is 65.5 Å². The molecule has 0 aliphatic rings. The molecule has 0 aliphatic carbocycles. The maximum atomic E-state index is 12.4. The molecule has 3 aromatic rings. The average molecular weight is 359 g/mol. The number of carbonyl (C=O) groups excluding carboxylic acids is 2. The van der Waals surface area contributed by atoms with Crippen LogP contribution in [0, 0.1) is 6.92 Å². The summed E-state index contributed by atoms with van der Waals surface area (Å²) in [6.45, 7) is 1.78. The lowest BCUT2D eigenvalue weighted by molar-refractivity contribution is 0.0600. The summed E-state index contributed by atoms with van der Waals surface area (Å²) in [4.78, 5) is 28.6. The number of aromatic nitrogens is 1. The van der Waals surface area contributed by atoms with Gasteiger partial charge < -0.3 is 9.47 Å². The Morgan fingerprint density at radius 1 is 1.08 bits per heavy atom. The number of esters is 2. The van der Waals surface area contributed by atoms with Crippen LogP contribution in [0.2, 0.25) is 0 Å². The van der Waals surface area contributed by atoms with Crippen LogP contribution in [0.4, 0.5) is 0 Å². The van der Waals surface area contributed by atoms with Crippen molar-refractivity contribution in [2.45, 2.75) is 6.92 Å². The van der Waals surface area contributed by atoms with E-state index in [1.807, 2.05) is 16.8 Å². The van der Waals surface area contributed by atoms with Crippen LogP contribution in [-0.4, -0.2) is 24.0 Å². The number of carbonyl (C=O) groups is 2. The van der Waals surface area contributed by atoms with Crippen LogP contribution < -0.4 is 4.74 Å². The molecular formula is C17H13NO4S2. The third kappa shape index (κ3) is 3.37. The average Bonchev–Trinajstić information content (AvgIpc) is 3.24. The van der Waals surface area contributed by atoms with Crippen LogP contribution >= 0.6 is 22.7 Å². The van der Waals surface area contributed by atoms with Crippen molar-refractivity contribution in [3.63, 3.8) is 0 Å². The molecule has 2 aromatic heterocycles. The lowest BCUT2D eigenvalue weighted by Gasteiger charge is -2.04. The minimum Gasteiger partial charge on any atom is -0.465 e. The first-order valence-electron chi connectivity index (χ1n) is 6.99. The second-order valence-corrected chi connectivity index (χ2v) is 6.63. The van der Waals surface area contributed by atoms with Crippen molar-refractivity contribution in [2.24, 2.45) is 0 Å². The number of aryl methyl sites for hydroxylation is 1. The number of hydrogen-bond donors (Lipinski definition) is 0. The zero-order valence-electron chi connectivity index (χ0n) is 12.9. The molecular weight excluding hydrogens is 346 g/mol. The van der Waals surface area contributed by atoms with E-state index in [0.717, 1.165) is 10.6 Å². The van der Waals surface area contributed by atoms with E-state index in [0.29, 0.717) is 21.9 Å². The zero-order valence-corrected chi connectivity index (χ0v) is 14.6. The highest BCUT2D eigenvalue weighted by molar-refractivity contribution is 7.17. The van der Waals surface area contributed by atoms with Crippen molar-refractivity contribution in [3.05, 3.63) is 57.2 Å². The Bertz CT molecular complexity index is 867. The molecule has 2 heterocycles. The minimum absolute atomic E-state index is 0.359. The molecule has 5 nitrogen and oxygen atoms in total. The molecule has 0 N–H and O–H groups in total. The van der Waals surface area contributed by atoms with Crippen molar-refractivity contribution in [3.8, 4) is 16.3 Å². The van der Waals surface area contributed by atoms with Gasteiger partial charge in [-0.3, -0.25) is 0 Å². The summed E-state index contributed by atoms with van der Waals surface area (Å²) in [7, 11) is 1.31. The highest BCUT2D eigenvalue weighted by Crippen LogP contribution is 2.30. The monoisotopic (exact) mass is 359 g/mol. The molecule has 0 aliphatic heterocycles. The molecule has 0 fully saturated rings. The van der Waals surface area contributed by atoms with E-state index < -0.39 is 11.9 Å². The summed E-state index contributed by atoms with van der Waals surface area (Å²) < 4.78 is 9.99. The van der Waals surface area contributed by atoms with Gasteiger partial charge in [0.15, 0.2) is 0 Å². The van der Waals surface area contributed by atoms with Gasteiger partial charge in [0.25, 0.3) is 0 Å². The molecule has 0 atom stereocenters. The smallest absolute Gasteiger partial charge is 0.355 e. The number of hydrogen-bond acceptors (Lipinski definition) is 7. The molecule has 24 heavy (non-hydrogen) atoms. The summed E-state index contributed by atoms with van der Waals surface area (Å²) >= 11 is 2.88. The van der Waals surface area contributed by atoms with Crippen LogP contribution in [0.25, 0.3) is 10.6 Å². The third-order valence-corrected chi connectivity index (χ3v) is 5.11. The van der Waals surface area contributed by atoms with E-state index in [4.69, 9.17) is 4.74 Å². The Kier molecular flexibility index (Phi) is 4.73. The summed E-state index contributed by atoms with van der Waals surface area (Å²) in [5.41, 5.74) is 2.03. The van der Waals surface area contributed by atoms with Gasteiger partial charge in [-0.1, -0.05) is 0 Å². The number of nitrogens with zero attached hydrogens (tertiary/aromatic N) is 1. The molecule has 122 valence electrons. The van der Waals surface area contributed by atoms with Gasteiger partial charge in [0, 0.05) is 10.9 Å². The Balaban J connectivity index is 1.77. The standard InChI is InChI=1S/C17H13NO4S2/c1-10-14(24-15(18-10)12-7-8-23-9-12)17(20)22-13-5-3-11(4-6-13)16(19)21-2/h3-9H,1-2H3. The van der Waals surface area contributed by atoms with E-state index in [1.165, 1.54) is 18.4 Å². The number of benzene rings is 1. The predicted octanol–water partition coefficient (Wildman–Crippen LogP) is 4.19. The number of methoxy groups -OCH3 is 1. The Morgan fingerprint density at radius 3 is 2.46 bits per heavy atom.